The predicted molar refractivity (Wildman–Crippen MR) is 65.9 cm³/mol. The summed E-state index contributed by atoms with van der Waals surface area (Å²) in [6.07, 6.45) is 3.09. The summed E-state index contributed by atoms with van der Waals surface area (Å²) in [6.45, 7) is 9.03. The van der Waals surface area contributed by atoms with Gasteiger partial charge in [0.05, 0.1) is 0 Å². The molecule has 0 saturated carbocycles. The van der Waals surface area contributed by atoms with Gasteiger partial charge in [0.15, 0.2) is 5.78 Å². The zero-order valence-corrected chi connectivity index (χ0v) is 10.8. The molecule has 0 heterocycles. The summed E-state index contributed by atoms with van der Waals surface area (Å²) in [6, 6.07) is 0. The highest BCUT2D eigenvalue weighted by molar-refractivity contribution is 5.95. The average molecular weight is 223 g/mol. The third-order valence-electron chi connectivity index (χ3n) is 2.42. The molecule has 0 rings (SSSR count). The van der Waals surface area contributed by atoms with Crippen molar-refractivity contribution >= 4 is 11.7 Å². The minimum Gasteiger partial charge on any atom is -0.326 e. The highest BCUT2D eigenvalue weighted by Crippen LogP contribution is 2.10. The van der Waals surface area contributed by atoms with Crippen molar-refractivity contribution in [1.82, 2.24) is 5.32 Å². The number of carbonyl (C=O) groups is 2. The molecule has 3 heteroatoms. The molecule has 90 valence electrons. The Kier molecular flexibility index (Phi) is 6.38. The second-order valence-electron chi connectivity index (χ2n) is 3.83. The molecule has 0 radical (unpaired) electrons. The molecule has 0 saturated heterocycles. The summed E-state index contributed by atoms with van der Waals surface area (Å²) in [5.41, 5.74) is 2.49. The van der Waals surface area contributed by atoms with E-state index in [1.165, 1.54) is 6.92 Å². The third-order valence-corrected chi connectivity index (χ3v) is 2.42. The molecular weight excluding hydrogens is 202 g/mol. The Balaban J connectivity index is 5.08. The summed E-state index contributed by atoms with van der Waals surface area (Å²) in [4.78, 5) is 22.5. The van der Waals surface area contributed by atoms with Crippen LogP contribution in [0, 0.1) is 0 Å². The predicted octanol–water partition coefficient (Wildman–Crippen LogP) is 2.73. The van der Waals surface area contributed by atoms with Gasteiger partial charge in [-0.05, 0) is 37.5 Å². The van der Waals surface area contributed by atoms with Gasteiger partial charge in [0.25, 0.3) is 0 Å². The number of hydrogen-bond acceptors (Lipinski definition) is 2. The van der Waals surface area contributed by atoms with Crippen LogP contribution in [0.2, 0.25) is 0 Å². The van der Waals surface area contributed by atoms with Gasteiger partial charge in [0, 0.05) is 19.0 Å². The highest BCUT2D eigenvalue weighted by atomic mass is 16.1. The van der Waals surface area contributed by atoms with E-state index in [0.29, 0.717) is 12.0 Å². The van der Waals surface area contributed by atoms with E-state index < -0.39 is 0 Å². The fourth-order valence-corrected chi connectivity index (χ4v) is 1.22. The molecule has 3 nitrogen and oxygen atoms in total. The zero-order valence-electron chi connectivity index (χ0n) is 10.8. The smallest absolute Gasteiger partial charge is 0.221 e. The fourth-order valence-electron chi connectivity index (χ4n) is 1.22. The average Bonchev–Trinajstić information content (AvgIpc) is 2.25. The van der Waals surface area contributed by atoms with Gasteiger partial charge in [-0.15, -0.1) is 0 Å². The molecule has 0 atom stereocenters. The van der Waals surface area contributed by atoms with E-state index in [1.54, 1.807) is 13.0 Å². The number of rotatable bonds is 5. The molecule has 0 bridgehead atoms. The maximum Gasteiger partial charge on any atom is 0.221 e. The van der Waals surface area contributed by atoms with Crippen LogP contribution in [0.15, 0.2) is 22.9 Å². The van der Waals surface area contributed by atoms with Crippen LogP contribution in [0.4, 0.5) is 0 Å². The third kappa shape index (κ3) is 4.91. The topological polar surface area (TPSA) is 46.2 Å². The van der Waals surface area contributed by atoms with Crippen molar-refractivity contribution in [2.24, 2.45) is 0 Å². The monoisotopic (exact) mass is 223 g/mol. The van der Waals surface area contributed by atoms with E-state index in [-0.39, 0.29) is 11.7 Å². The zero-order chi connectivity index (χ0) is 12.7. The molecule has 0 aliphatic rings. The SMILES string of the molecule is CCC(=O)/C(C)=C/C(NC(C)=O)=C(C)CC. The molecule has 0 spiro atoms. The van der Waals surface area contributed by atoms with Crippen LogP contribution in [0.25, 0.3) is 0 Å². The molecule has 0 unspecified atom stereocenters. The summed E-state index contributed by atoms with van der Waals surface area (Å²) >= 11 is 0. The van der Waals surface area contributed by atoms with Gasteiger partial charge in [-0.25, -0.2) is 0 Å². The van der Waals surface area contributed by atoms with Crippen molar-refractivity contribution in [3.8, 4) is 0 Å². The van der Waals surface area contributed by atoms with E-state index in [0.717, 1.165) is 17.7 Å². The lowest BCUT2D eigenvalue weighted by Crippen LogP contribution is -2.20. The first-order valence-electron chi connectivity index (χ1n) is 5.61. The normalized spacial score (nSPS) is 13.2. The molecule has 0 aromatic heterocycles. The summed E-state index contributed by atoms with van der Waals surface area (Å²) in [5.74, 6) is -0.0115. The van der Waals surface area contributed by atoms with Gasteiger partial charge in [-0.3, -0.25) is 9.59 Å². The van der Waals surface area contributed by atoms with Crippen LogP contribution < -0.4 is 5.32 Å². The van der Waals surface area contributed by atoms with Crippen molar-refractivity contribution in [3.63, 3.8) is 0 Å². The highest BCUT2D eigenvalue weighted by Gasteiger charge is 2.05. The maximum atomic E-state index is 11.4. The minimum atomic E-state index is -0.115. The number of carbonyl (C=O) groups excluding carboxylic acids is 2. The van der Waals surface area contributed by atoms with Crippen LogP contribution in [0.1, 0.15) is 47.5 Å². The second-order valence-corrected chi connectivity index (χ2v) is 3.83. The van der Waals surface area contributed by atoms with Crippen LogP contribution in [-0.2, 0) is 9.59 Å². The van der Waals surface area contributed by atoms with Crippen LogP contribution >= 0.6 is 0 Å². The van der Waals surface area contributed by atoms with Gasteiger partial charge in [0.1, 0.15) is 0 Å². The Hall–Kier alpha value is -1.38. The largest absolute Gasteiger partial charge is 0.326 e. The lowest BCUT2D eigenvalue weighted by molar-refractivity contribution is -0.118. The number of Topliss-reactive ketones (excluding diaryl/α,β-unsaturated/α-hetero) is 1. The van der Waals surface area contributed by atoms with Crippen molar-refractivity contribution in [2.45, 2.75) is 47.5 Å². The first kappa shape index (κ1) is 14.6. The second kappa shape index (κ2) is 6.99. The quantitative estimate of drug-likeness (QED) is 0.575. The number of hydrogen-bond donors (Lipinski definition) is 1. The van der Waals surface area contributed by atoms with Crippen molar-refractivity contribution in [1.29, 1.82) is 0 Å². The molecular formula is C13H21NO2. The molecule has 0 aromatic rings. The van der Waals surface area contributed by atoms with Gasteiger partial charge in [-0.1, -0.05) is 13.8 Å². The number of allylic oxidation sites excluding steroid dienone is 3. The van der Waals surface area contributed by atoms with Crippen molar-refractivity contribution in [2.75, 3.05) is 0 Å². The first-order chi connectivity index (χ1) is 7.42. The summed E-state index contributed by atoms with van der Waals surface area (Å²) < 4.78 is 0. The Morgan fingerprint density at radius 1 is 1.06 bits per heavy atom. The standard InChI is InChI=1S/C13H21NO2/c1-6-9(3)12(14-11(5)15)8-10(4)13(16)7-2/h8H,6-7H2,1-5H3,(H,14,15)/b10-8+,12-9?. The minimum absolute atomic E-state index is 0.103. The van der Waals surface area contributed by atoms with E-state index in [9.17, 15) is 9.59 Å². The lowest BCUT2D eigenvalue weighted by Gasteiger charge is -2.09. The molecule has 16 heavy (non-hydrogen) atoms. The van der Waals surface area contributed by atoms with Crippen LogP contribution in [-0.4, -0.2) is 11.7 Å². The fraction of sp³-hybridized carbons (Fsp3) is 0.538. The number of nitrogens with one attached hydrogen (secondary N) is 1. The van der Waals surface area contributed by atoms with E-state index in [1.807, 2.05) is 20.8 Å². The van der Waals surface area contributed by atoms with Gasteiger partial charge in [-0.2, -0.15) is 0 Å². The van der Waals surface area contributed by atoms with E-state index in [2.05, 4.69) is 5.32 Å². The maximum absolute atomic E-state index is 11.4. The first-order valence-corrected chi connectivity index (χ1v) is 5.61. The Morgan fingerprint density at radius 2 is 1.62 bits per heavy atom. The molecule has 0 aliphatic heterocycles. The van der Waals surface area contributed by atoms with Gasteiger partial charge in [0.2, 0.25) is 5.91 Å². The van der Waals surface area contributed by atoms with Gasteiger partial charge < -0.3 is 5.32 Å². The molecule has 0 aromatic carbocycles. The number of amides is 1. The van der Waals surface area contributed by atoms with Crippen LogP contribution in [0.3, 0.4) is 0 Å². The van der Waals surface area contributed by atoms with E-state index in [4.69, 9.17) is 0 Å². The lowest BCUT2D eigenvalue weighted by atomic mass is 10.1. The molecule has 1 amide bonds. The van der Waals surface area contributed by atoms with Crippen molar-refractivity contribution in [3.05, 3.63) is 22.9 Å². The summed E-state index contributed by atoms with van der Waals surface area (Å²) in [7, 11) is 0. The summed E-state index contributed by atoms with van der Waals surface area (Å²) in [5, 5.41) is 2.75. The Bertz CT molecular complexity index is 338. The van der Waals surface area contributed by atoms with Crippen LogP contribution in [0.5, 0.6) is 0 Å². The van der Waals surface area contributed by atoms with E-state index >= 15 is 0 Å². The molecule has 0 aliphatic carbocycles. The molecule has 0 fully saturated rings. The Labute approximate surface area is 97.6 Å². The Morgan fingerprint density at radius 3 is 2.00 bits per heavy atom. The molecule has 1 N–H and O–H groups in total. The van der Waals surface area contributed by atoms with Crippen molar-refractivity contribution < 1.29 is 9.59 Å². The van der Waals surface area contributed by atoms with Gasteiger partial charge >= 0.3 is 0 Å². The number of ketones is 1.